The van der Waals surface area contributed by atoms with E-state index in [1.807, 2.05) is 5.38 Å². The van der Waals surface area contributed by atoms with Crippen LogP contribution in [0.1, 0.15) is 25.3 Å². The van der Waals surface area contributed by atoms with Crippen molar-refractivity contribution in [2.24, 2.45) is 0 Å². The molecule has 4 rings (SSSR count). The van der Waals surface area contributed by atoms with Crippen LogP contribution in [0.2, 0.25) is 0 Å². The van der Waals surface area contributed by atoms with E-state index < -0.39 is 28.8 Å². The van der Waals surface area contributed by atoms with Gasteiger partial charge in [0.05, 0.1) is 6.20 Å². The van der Waals surface area contributed by atoms with Gasteiger partial charge in [0.15, 0.2) is 5.54 Å². The van der Waals surface area contributed by atoms with Gasteiger partial charge in [-0.25, -0.2) is 13.8 Å². The molecule has 0 bridgehead atoms. The molecule has 2 atom stereocenters. The van der Waals surface area contributed by atoms with Gasteiger partial charge < -0.3 is 10.1 Å². The summed E-state index contributed by atoms with van der Waals surface area (Å²) >= 11 is 7.04. The minimum Gasteiger partial charge on any atom is -0.381 e. The minimum absolute atomic E-state index is 0.0664. The number of pyridine rings is 1. The number of rotatable bonds is 7. The van der Waals surface area contributed by atoms with Gasteiger partial charge in [0.1, 0.15) is 10.8 Å². The van der Waals surface area contributed by atoms with Crippen molar-refractivity contribution in [3.63, 3.8) is 0 Å². The number of anilines is 1. The molecule has 3 heterocycles. The lowest BCUT2D eigenvalue weighted by Gasteiger charge is -2.41. The highest BCUT2D eigenvalue weighted by molar-refractivity contribution is 7.13. The highest BCUT2D eigenvalue weighted by atomic mass is 35.5. The molecule has 2 aromatic heterocycles. The average molecular weight is 521 g/mol. The quantitative estimate of drug-likeness (QED) is 0.466. The number of alkyl halides is 2. The monoisotopic (exact) mass is 520 g/mol. The van der Waals surface area contributed by atoms with Crippen LogP contribution < -0.4 is 10.2 Å². The highest BCUT2D eigenvalue weighted by Gasteiger charge is 2.47. The topological polar surface area (TPSA) is 84.4 Å². The summed E-state index contributed by atoms with van der Waals surface area (Å²) in [7, 11) is 0. The predicted octanol–water partition coefficient (Wildman–Crippen LogP) is 4.42. The molecular formula is C24H23ClF2N4O3S. The Morgan fingerprint density at radius 1 is 1.26 bits per heavy atom. The van der Waals surface area contributed by atoms with Gasteiger partial charge >= 0.3 is 0 Å². The number of halogens is 3. The first-order valence-corrected chi connectivity index (χ1v) is 12.2. The number of hydrogen-bond donors (Lipinski definition) is 1. The van der Waals surface area contributed by atoms with Crippen molar-refractivity contribution in [3.05, 3.63) is 65.7 Å². The first kappa shape index (κ1) is 25.2. The highest BCUT2D eigenvalue weighted by Crippen LogP contribution is 2.36. The van der Waals surface area contributed by atoms with Gasteiger partial charge in [0, 0.05) is 53.8 Å². The number of nitrogens with zero attached hydrogens (tertiary/aromatic N) is 3. The summed E-state index contributed by atoms with van der Waals surface area (Å²) < 4.78 is 33.9. The van der Waals surface area contributed by atoms with Crippen LogP contribution in [0.5, 0.6) is 0 Å². The third kappa shape index (κ3) is 5.34. The predicted molar refractivity (Wildman–Crippen MR) is 129 cm³/mol. The van der Waals surface area contributed by atoms with Gasteiger partial charge in [-0.15, -0.1) is 11.3 Å². The van der Waals surface area contributed by atoms with Crippen LogP contribution in [0.25, 0.3) is 10.6 Å². The fraction of sp³-hybridized carbons (Fsp3) is 0.333. The summed E-state index contributed by atoms with van der Waals surface area (Å²) in [5.74, 6) is -2.49. The lowest BCUT2D eigenvalue weighted by Crippen LogP contribution is -2.60. The van der Waals surface area contributed by atoms with Crippen molar-refractivity contribution in [1.82, 2.24) is 15.3 Å². The van der Waals surface area contributed by atoms with Crippen LogP contribution in [0.4, 0.5) is 14.5 Å². The van der Waals surface area contributed by atoms with Crippen LogP contribution in [0, 0.1) is 5.82 Å². The van der Waals surface area contributed by atoms with Gasteiger partial charge in [-0.3, -0.25) is 19.5 Å². The van der Waals surface area contributed by atoms with Gasteiger partial charge in [0.25, 0.3) is 17.4 Å². The molecule has 0 spiro atoms. The molecule has 1 aromatic carbocycles. The Morgan fingerprint density at radius 3 is 2.57 bits per heavy atom. The summed E-state index contributed by atoms with van der Waals surface area (Å²) in [6.45, 7) is 2.36. The SMILES string of the molecule is CC(C(=O)NC1CCOCC1)(c1cncc(F)c1)N(C(=O)[C@H](F)Cl)c1ccc(-c2nccs2)cc1. The second-order valence-electron chi connectivity index (χ2n) is 8.18. The average Bonchev–Trinajstić information content (AvgIpc) is 3.40. The van der Waals surface area contributed by atoms with Crippen molar-refractivity contribution >= 4 is 40.4 Å². The van der Waals surface area contributed by atoms with Crippen LogP contribution in [-0.4, -0.2) is 46.7 Å². The molecule has 184 valence electrons. The molecule has 0 saturated carbocycles. The summed E-state index contributed by atoms with van der Waals surface area (Å²) in [6, 6.07) is 7.43. The number of carbonyl (C=O) groups excluding carboxylic acids is 2. The number of thiazole rings is 1. The van der Waals surface area contributed by atoms with Crippen molar-refractivity contribution in [2.75, 3.05) is 18.1 Å². The number of hydrogen-bond acceptors (Lipinski definition) is 6. The van der Waals surface area contributed by atoms with E-state index in [1.54, 1.807) is 30.5 Å². The standard InChI is InChI=1S/C24H23ClF2N4O3S/c1-24(16-12-17(26)14-28-13-16,23(33)30-18-6-9-34-10-7-18)31(22(32)20(25)27)19-4-2-15(3-5-19)21-29-8-11-35-21/h2-5,8,11-14,18,20H,6-7,9-10H2,1H3,(H,30,33)/t20-,24?/m0/s1. The third-order valence-electron chi connectivity index (χ3n) is 5.92. The first-order valence-electron chi connectivity index (χ1n) is 10.9. The number of benzene rings is 1. The van der Waals surface area contributed by atoms with Crippen molar-refractivity contribution in [1.29, 1.82) is 0 Å². The number of nitrogens with one attached hydrogen (secondary N) is 1. The van der Waals surface area contributed by atoms with E-state index in [4.69, 9.17) is 16.3 Å². The maximum atomic E-state index is 14.3. The molecule has 1 N–H and O–H groups in total. The van der Waals surface area contributed by atoms with Crippen molar-refractivity contribution in [2.45, 2.75) is 37.0 Å². The Bertz CT molecular complexity index is 1170. The summed E-state index contributed by atoms with van der Waals surface area (Å²) in [5.41, 5.74) is -3.26. The molecule has 7 nitrogen and oxygen atoms in total. The van der Waals surface area contributed by atoms with Gasteiger partial charge in [-0.1, -0.05) is 11.6 Å². The van der Waals surface area contributed by atoms with Crippen LogP contribution in [0.15, 0.2) is 54.3 Å². The van der Waals surface area contributed by atoms with E-state index in [2.05, 4.69) is 15.3 Å². The third-order valence-corrected chi connectivity index (χ3v) is 6.93. The molecule has 0 aliphatic carbocycles. The van der Waals surface area contributed by atoms with E-state index in [0.717, 1.165) is 27.7 Å². The summed E-state index contributed by atoms with van der Waals surface area (Å²) in [4.78, 5) is 36.0. The molecule has 1 saturated heterocycles. The molecule has 3 aromatic rings. The molecule has 1 aliphatic heterocycles. The van der Waals surface area contributed by atoms with Crippen LogP contribution in [-0.2, 0) is 19.9 Å². The Balaban J connectivity index is 1.81. The molecule has 2 amide bonds. The first-order chi connectivity index (χ1) is 16.8. The fourth-order valence-corrected chi connectivity index (χ4v) is 4.77. The summed E-state index contributed by atoms with van der Waals surface area (Å²) in [6.07, 6.45) is 5.06. The zero-order chi connectivity index (χ0) is 25.0. The maximum Gasteiger partial charge on any atom is 0.278 e. The molecule has 1 unspecified atom stereocenters. The zero-order valence-corrected chi connectivity index (χ0v) is 20.4. The molecular weight excluding hydrogens is 498 g/mol. The maximum absolute atomic E-state index is 14.3. The smallest absolute Gasteiger partial charge is 0.278 e. The molecule has 0 radical (unpaired) electrons. The Hall–Kier alpha value is -2.95. The number of carbonyl (C=O) groups is 2. The van der Waals surface area contributed by atoms with Crippen molar-refractivity contribution in [3.8, 4) is 10.6 Å². The van der Waals surface area contributed by atoms with E-state index in [-0.39, 0.29) is 17.3 Å². The molecule has 1 fully saturated rings. The second kappa shape index (κ2) is 10.8. The Morgan fingerprint density at radius 2 is 1.97 bits per heavy atom. The lowest BCUT2D eigenvalue weighted by atomic mass is 9.88. The zero-order valence-electron chi connectivity index (χ0n) is 18.8. The molecule has 11 heteroatoms. The molecule has 1 aliphatic rings. The van der Waals surface area contributed by atoms with E-state index in [9.17, 15) is 18.4 Å². The summed E-state index contributed by atoms with van der Waals surface area (Å²) in [5, 5.41) is 5.50. The lowest BCUT2D eigenvalue weighted by molar-refractivity contribution is -0.132. The fourth-order valence-electron chi connectivity index (χ4n) is 4.03. The van der Waals surface area contributed by atoms with Crippen LogP contribution in [0.3, 0.4) is 0 Å². The van der Waals surface area contributed by atoms with Gasteiger partial charge in [-0.2, -0.15) is 0 Å². The van der Waals surface area contributed by atoms with Crippen LogP contribution >= 0.6 is 22.9 Å². The van der Waals surface area contributed by atoms with Crippen molar-refractivity contribution < 1.29 is 23.1 Å². The number of ether oxygens (including phenoxy) is 1. The van der Waals surface area contributed by atoms with E-state index >= 15 is 0 Å². The Kier molecular flexibility index (Phi) is 7.73. The van der Waals surface area contributed by atoms with E-state index in [1.165, 1.54) is 24.5 Å². The Labute approximate surface area is 210 Å². The second-order valence-corrected chi connectivity index (χ2v) is 9.46. The largest absolute Gasteiger partial charge is 0.381 e. The van der Waals surface area contributed by atoms with E-state index in [0.29, 0.717) is 26.1 Å². The van der Waals surface area contributed by atoms with Gasteiger partial charge in [-0.05, 0) is 50.1 Å². The number of amides is 2. The van der Waals surface area contributed by atoms with Gasteiger partial charge in [0.2, 0.25) is 0 Å². The minimum atomic E-state index is -2.44. The number of aromatic nitrogens is 2. The molecule has 35 heavy (non-hydrogen) atoms. The normalized spacial score (nSPS) is 16.8.